The predicted molar refractivity (Wildman–Crippen MR) is 95.8 cm³/mol. The summed E-state index contributed by atoms with van der Waals surface area (Å²) in [5.41, 5.74) is 0.773. The maximum atomic E-state index is 13.8. The summed E-state index contributed by atoms with van der Waals surface area (Å²) in [6, 6.07) is 12.0. The number of guanidine groups is 1. The van der Waals surface area contributed by atoms with Crippen LogP contribution in [0.25, 0.3) is 0 Å². The fourth-order valence-electron chi connectivity index (χ4n) is 2.21. The van der Waals surface area contributed by atoms with Crippen LogP contribution in [0.5, 0.6) is 5.75 Å². The van der Waals surface area contributed by atoms with Gasteiger partial charge in [0.1, 0.15) is 23.5 Å². The van der Waals surface area contributed by atoms with Crippen LogP contribution in [0.15, 0.2) is 47.5 Å². The third-order valence-corrected chi connectivity index (χ3v) is 3.55. The Kier molecular flexibility index (Phi) is 6.92. The topological polar surface area (TPSA) is 69.4 Å². The molecule has 2 aromatic rings. The number of nitriles is 1. The molecule has 0 aromatic heterocycles. The van der Waals surface area contributed by atoms with Crippen molar-refractivity contribution in [3.63, 3.8) is 0 Å². The van der Waals surface area contributed by atoms with E-state index in [2.05, 4.69) is 15.6 Å². The Morgan fingerprint density at radius 1 is 1.19 bits per heavy atom. The summed E-state index contributed by atoms with van der Waals surface area (Å²) in [5, 5.41) is 15.0. The average Bonchev–Trinajstić information content (AvgIpc) is 2.65. The van der Waals surface area contributed by atoms with Gasteiger partial charge in [-0.1, -0.05) is 0 Å². The second kappa shape index (κ2) is 9.37. The number of nitrogens with one attached hydrogen (secondary N) is 2. The third kappa shape index (κ3) is 5.74. The van der Waals surface area contributed by atoms with E-state index < -0.39 is 0 Å². The van der Waals surface area contributed by atoms with Crippen LogP contribution in [0.2, 0.25) is 0 Å². The number of aliphatic imine (C=N–C) groups is 1. The minimum absolute atomic E-state index is 0.189. The Labute approximate surface area is 151 Å². The summed E-state index contributed by atoms with van der Waals surface area (Å²) in [4.78, 5) is 4.07. The number of benzene rings is 2. The molecule has 0 spiro atoms. The fourth-order valence-corrected chi connectivity index (χ4v) is 2.21. The van der Waals surface area contributed by atoms with Gasteiger partial charge in [0.05, 0.1) is 18.2 Å². The zero-order chi connectivity index (χ0) is 18.9. The summed E-state index contributed by atoms with van der Waals surface area (Å²) in [6.07, 6.45) is -0.197. The van der Waals surface area contributed by atoms with Gasteiger partial charge >= 0.3 is 0 Å². The lowest BCUT2D eigenvalue weighted by molar-refractivity contribution is 0.223. The molecule has 0 fully saturated rings. The first-order valence-electron chi connectivity index (χ1n) is 8.07. The summed E-state index contributed by atoms with van der Waals surface area (Å²) in [6.45, 7) is 2.49. The molecule has 0 amide bonds. The summed E-state index contributed by atoms with van der Waals surface area (Å²) >= 11 is 0. The lowest BCUT2D eigenvalue weighted by Crippen LogP contribution is -2.41. The highest BCUT2D eigenvalue weighted by Gasteiger charge is 2.08. The van der Waals surface area contributed by atoms with Gasteiger partial charge < -0.3 is 15.4 Å². The zero-order valence-electron chi connectivity index (χ0n) is 14.6. The van der Waals surface area contributed by atoms with Crippen LogP contribution in [0, 0.1) is 23.0 Å². The first kappa shape index (κ1) is 19.2. The molecule has 0 saturated heterocycles. The van der Waals surface area contributed by atoms with E-state index in [-0.39, 0.29) is 24.3 Å². The Morgan fingerprint density at radius 2 is 1.92 bits per heavy atom. The van der Waals surface area contributed by atoms with Crippen LogP contribution in [0.3, 0.4) is 0 Å². The smallest absolute Gasteiger partial charge is 0.191 e. The van der Waals surface area contributed by atoms with E-state index in [1.54, 1.807) is 19.2 Å². The number of rotatable bonds is 6. The van der Waals surface area contributed by atoms with Gasteiger partial charge in [0.2, 0.25) is 0 Å². The lowest BCUT2D eigenvalue weighted by Gasteiger charge is -2.18. The van der Waals surface area contributed by atoms with Gasteiger partial charge in [-0.25, -0.2) is 8.78 Å². The maximum Gasteiger partial charge on any atom is 0.191 e. The van der Waals surface area contributed by atoms with E-state index in [0.29, 0.717) is 29.4 Å². The largest absolute Gasteiger partial charge is 0.489 e. The minimum atomic E-state index is -0.389. The van der Waals surface area contributed by atoms with Crippen molar-refractivity contribution in [3.8, 4) is 11.8 Å². The molecule has 7 heteroatoms. The average molecular weight is 358 g/mol. The maximum absolute atomic E-state index is 13.8. The molecule has 0 aliphatic carbocycles. The van der Waals surface area contributed by atoms with Gasteiger partial charge in [-0.3, -0.25) is 4.99 Å². The lowest BCUT2D eigenvalue weighted by atomic mass is 10.1. The van der Waals surface area contributed by atoms with Gasteiger partial charge in [-0.15, -0.1) is 0 Å². The molecule has 136 valence electrons. The number of halogens is 2. The van der Waals surface area contributed by atoms with Gasteiger partial charge in [-0.05, 0) is 49.4 Å². The molecule has 0 bridgehead atoms. The monoisotopic (exact) mass is 358 g/mol. The molecular formula is C19H20F2N4O. The van der Waals surface area contributed by atoms with Crippen molar-refractivity contribution in [1.29, 1.82) is 5.26 Å². The second-order valence-electron chi connectivity index (χ2n) is 5.61. The molecule has 1 atom stereocenters. The Balaban J connectivity index is 1.84. The van der Waals surface area contributed by atoms with E-state index in [9.17, 15) is 8.78 Å². The van der Waals surface area contributed by atoms with Crippen molar-refractivity contribution in [3.05, 3.63) is 65.2 Å². The fraction of sp³-hybridized carbons (Fsp3) is 0.263. The Hall–Kier alpha value is -3.14. The zero-order valence-corrected chi connectivity index (χ0v) is 14.6. The molecule has 1 unspecified atom stereocenters. The van der Waals surface area contributed by atoms with Gasteiger partial charge in [0.25, 0.3) is 0 Å². The van der Waals surface area contributed by atoms with E-state index in [1.807, 2.05) is 13.0 Å². The van der Waals surface area contributed by atoms with Crippen molar-refractivity contribution in [2.75, 3.05) is 13.6 Å². The first-order valence-corrected chi connectivity index (χ1v) is 8.07. The molecule has 0 aliphatic rings. The van der Waals surface area contributed by atoms with Crippen LogP contribution in [-0.4, -0.2) is 25.7 Å². The molecule has 0 saturated carbocycles. The molecule has 0 heterocycles. The third-order valence-electron chi connectivity index (χ3n) is 3.55. The molecule has 2 N–H and O–H groups in total. The first-order chi connectivity index (χ1) is 12.5. The molecule has 26 heavy (non-hydrogen) atoms. The molecule has 2 aromatic carbocycles. The van der Waals surface area contributed by atoms with Crippen molar-refractivity contribution in [2.45, 2.75) is 19.6 Å². The van der Waals surface area contributed by atoms with E-state index in [1.165, 1.54) is 30.3 Å². The molecule has 0 radical (unpaired) electrons. The van der Waals surface area contributed by atoms with E-state index in [0.717, 1.165) is 0 Å². The molecule has 0 aliphatic heterocycles. The summed E-state index contributed by atoms with van der Waals surface area (Å²) < 4.78 is 32.3. The highest BCUT2D eigenvalue weighted by Crippen LogP contribution is 2.13. The molecule has 2 rings (SSSR count). The van der Waals surface area contributed by atoms with Crippen molar-refractivity contribution in [2.24, 2.45) is 4.99 Å². The Bertz CT molecular complexity index is 800. The quantitative estimate of drug-likeness (QED) is 0.615. The summed E-state index contributed by atoms with van der Waals surface area (Å²) in [5.74, 6) is 0.334. The van der Waals surface area contributed by atoms with Crippen LogP contribution >= 0.6 is 0 Å². The molecular weight excluding hydrogens is 338 g/mol. The normalized spacial score (nSPS) is 12.2. The second-order valence-corrected chi connectivity index (χ2v) is 5.61. The standard InChI is InChI=1S/C19H20F2N4O/c1-13(26-17-6-4-16(20)5-7-17)11-24-19(23-2)25-12-15-9-14(10-22)3-8-18(15)21/h3-9,13H,11-12H2,1-2H3,(H2,23,24,25). The van der Waals surface area contributed by atoms with Crippen molar-refractivity contribution >= 4 is 5.96 Å². The van der Waals surface area contributed by atoms with E-state index >= 15 is 0 Å². The number of ether oxygens (including phenoxy) is 1. The van der Waals surface area contributed by atoms with Crippen molar-refractivity contribution in [1.82, 2.24) is 10.6 Å². The van der Waals surface area contributed by atoms with Crippen LogP contribution < -0.4 is 15.4 Å². The number of nitrogens with zero attached hydrogens (tertiary/aromatic N) is 2. The van der Waals surface area contributed by atoms with Gasteiger partial charge in [0, 0.05) is 19.2 Å². The highest BCUT2D eigenvalue weighted by molar-refractivity contribution is 5.79. The van der Waals surface area contributed by atoms with Gasteiger partial charge in [0.15, 0.2) is 5.96 Å². The summed E-state index contributed by atoms with van der Waals surface area (Å²) in [7, 11) is 1.60. The molecule has 5 nitrogen and oxygen atoms in total. The van der Waals surface area contributed by atoms with Crippen molar-refractivity contribution < 1.29 is 13.5 Å². The highest BCUT2D eigenvalue weighted by atomic mass is 19.1. The Morgan fingerprint density at radius 3 is 2.58 bits per heavy atom. The van der Waals surface area contributed by atoms with Crippen LogP contribution in [-0.2, 0) is 6.54 Å². The van der Waals surface area contributed by atoms with Crippen LogP contribution in [0.4, 0.5) is 8.78 Å². The minimum Gasteiger partial charge on any atom is -0.489 e. The SMILES string of the molecule is CN=C(NCc1cc(C#N)ccc1F)NCC(C)Oc1ccc(F)cc1. The number of hydrogen-bond acceptors (Lipinski definition) is 3. The van der Waals surface area contributed by atoms with Gasteiger partial charge in [-0.2, -0.15) is 5.26 Å². The van der Waals surface area contributed by atoms with E-state index in [4.69, 9.17) is 10.00 Å². The van der Waals surface area contributed by atoms with Crippen LogP contribution in [0.1, 0.15) is 18.1 Å². The number of hydrogen-bond donors (Lipinski definition) is 2. The predicted octanol–water partition coefficient (Wildman–Crippen LogP) is 2.97.